The van der Waals surface area contributed by atoms with E-state index in [0.29, 0.717) is 51.3 Å². The van der Waals surface area contributed by atoms with E-state index in [1.807, 2.05) is 53.7 Å². The second-order valence-corrected chi connectivity index (χ2v) is 10.3. The number of amides is 2. The lowest BCUT2D eigenvalue weighted by atomic mass is 9.80. The summed E-state index contributed by atoms with van der Waals surface area (Å²) in [5.74, 6) is 0. The van der Waals surface area contributed by atoms with Crippen LogP contribution in [0.5, 0.6) is 0 Å². The van der Waals surface area contributed by atoms with Gasteiger partial charge in [-0.15, -0.1) is 0 Å². The molecule has 1 aliphatic rings. The van der Waals surface area contributed by atoms with Gasteiger partial charge in [-0.2, -0.15) is 0 Å². The Labute approximate surface area is 197 Å². The fraction of sp³-hybridized carbons (Fsp3) is 0.652. The molecule has 10 heteroatoms. The van der Waals surface area contributed by atoms with Crippen molar-refractivity contribution >= 4 is 24.8 Å². The predicted octanol–water partition coefficient (Wildman–Crippen LogP) is 1.66. The summed E-state index contributed by atoms with van der Waals surface area (Å²) in [5, 5.41) is 18.6. The average molecular weight is 463 g/mol. The van der Waals surface area contributed by atoms with E-state index in [1.165, 1.54) is 0 Å². The van der Waals surface area contributed by atoms with Crippen LogP contribution >= 0.6 is 0 Å². The summed E-state index contributed by atoms with van der Waals surface area (Å²) in [6.45, 7) is 14.4. The Kier molecular flexibility index (Phi) is 9.16. The van der Waals surface area contributed by atoms with Gasteiger partial charge in [0.25, 0.3) is 0 Å². The zero-order valence-electron chi connectivity index (χ0n) is 20.7. The van der Waals surface area contributed by atoms with E-state index in [2.05, 4.69) is 4.90 Å². The molecular formula is C23H38BN3O6. The van der Waals surface area contributed by atoms with Gasteiger partial charge in [0, 0.05) is 45.8 Å². The molecule has 0 aliphatic carbocycles. The minimum Gasteiger partial charge on any atom is -0.444 e. The van der Waals surface area contributed by atoms with Crippen molar-refractivity contribution in [2.75, 3.05) is 39.3 Å². The van der Waals surface area contributed by atoms with Gasteiger partial charge in [-0.1, -0.05) is 24.3 Å². The van der Waals surface area contributed by atoms with Crippen LogP contribution in [0.15, 0.2) is 24.3 Å². The topological polar surface area (TPSA) is 103 Å². The fourth-order valence-corrected chi connectivity index (χ4v) is 3.33. The van der Waals surface area contributed by atoms with Gasteiger partial charge in [0.2, 0.25) is 0 Å². The third kappa shape index (κ3) is 9.61. The number of benzene rings is 1. The van der Waals surface area contributed by atoms with Crippen LogP contribution in [0.4, 0.5) is 9.59 Å². The van der Waals surface area contributed by atoms with Crippen molar-refractivity contribution in [3.63, 3.8) is 0 Å². The van der Waals surface area contributed by atoms with Crippen molar-refractivity contribution in [2.24, 2.45) is 0 Å². The third-order valence-corrected chi connectivity index (χ3v) is 5.00. The van der Waals surface area contributed by atoms with E-state index >= 15 is 0 Å². The number of nitrogens with zero attached hydrogens (tertiary/aromatic N) is 3. The number of hydrogen-bond acceptors (Lipinski definition) is 7. The molecule has 0 unspecified atom stereocenters. The van der Waals surface area contributed by atoms with E-state index < -0.39 is 30.5 Å². The standard InChI is InChI=1S/C23H38BN3O6/c1-22(2,3)32-20(28)26-13-11-25(17-18-7-9-19(10-8-18)24(30)31)12-14-27(16-15-26)21(29)33-23(4,5)6/h7-10,30-31H,11-17H2,1-6H3. The molecular weight excluding hydrogens is 425 g/mol. The number of rotatable bonds is 3. The van der Waals surface area contributed by atoms with E-state index in [4.69, 9.17) is 9.47 Å². The third-order valence-electron chi connectivity index (χ3n) is 5.00. The maximum atomic E-state index is 12.8. The highest BCUT2D eigenvalue weighted by atomic mass is 16.6. The number of hydrogen-bond donors (Lipinski definition) is 2. The molecule has 0 spiro atoms. The highest BCUT2D eigenvalue weighted by molar-refractivity contribution is 6.58. The van der Waals surface area contributed by atoms with Crippen molar-refractivity contribution in [1.29, 1.82) is 0 Å². The van der Waals surface area contributed by atoms with Gasteiger partial charge in [-0.3, -0.25) is 4.90 Å². The molecule has 2 rings (SSSR count). The first kappa shape index (κ1) is 27.0. The molecule has 33 heavy (non-hydrogen) atoms. The molecule has 1 aliphatic heterocycles. The normalized spacial score (nSPS) is 16.5. The molecule has 0 radical (unpaired) electrons. The minimum absolute atomic E-state index is 0.352. The second kappa shape index (κ2) is 11.2. The second-order valence-electron chi connectivity index (χ2n) is 10.3. The number of carbonyl (C=O) groups excluding carboxylic acids is 2. The summed E-state index contributed by atoms with van der Waals surface area (Å²) in [4.78, 5) is 31.0. The summed E-state index contributed by atoms with van der Waals surface area (Å²) in [6.07, 6.45) is -0.815. The lowest BCUT2D eigenvalue weighted by Gasteiger charge is -2.30. The molecule has 1 aromatic carbocycles. The molecule has 184 valence electrons. The van der Waals surface area contributed by atoms with Gasteiger partial charge in [-0.25, -0.2) is 9.59 Å². The maximum Gasteiger partial charge on any atom is 0.488 e. The average Bonchev–Trinajstić information content (AvgIpc) is 2.76. The van der Waals surface area contributed by atoms with Crippen LogP contribution in [0.1, 0.15) is 47.1 Å². The van der Waals surface area contributed by atoms with Crippen molar-refractivity contribution in [3.05, 3.63) is 29.8 Å². The SMILES string of the molecule is CC(C)(C)OC(=O)N1CCN(Cc2ccc(B(O)O)cc2)CCN(C(=O)OC(C)(C)C)CC1. The predicted molar refractivity (Wildman–Crippen MR) is 127 cm³/mol. The van der Waals surface area contributed by atoms with Crippen LogP contribution in [-0.2, 0) is 16.0 Å². The van der Waals surface area contributed by atoms with Crippen LogP contribution in [0.3, 0.4) is 0 Å². The fourth-order valence-electron chi connectivity index (χ4n) is 3.33. The van der Waals surface area contributed by atoms with Crippen molar-refractivity contribution in [2.45, 2.75) is 59.3 Å². The highest BCUT2D eigenvalue weighted by Gasteiger charge is 2.28. The quantitative estimate of drug-likeness (QED) is 0.658. The Morgan fingerprint density at radius 2 is 1.18 bits per heavy atom. The minimum atomic E-state index is -1.51. The molecule has 0 bridgehead atoms. The molecule has 1 fully saturated rings. The monoisotopic (exact) mass is 463 g/mol. The van der Waals surface area contributed by atoms with Crippen molar-refractivity contribution in [1.82, 2.24) is 14.7 Å². The Morgan fingerprint density at radius 3 is 1.55 bits per heavy atom. The van der Waals surface area contributed by atoms with Gasteiger partial charge < -0.3 is 29.3 Å². The Balaban J connectivity index is 2.17. The first-order valence-electron chi connectivity index (χ1n) is 11.4. The summed E-state index contributed by atoms with van der Waals surface area (Å²) in [5.41, 5.74) is 0.194. The zero-order valence-corrected chi connectivity index (χ0v) is 20.7. The van der Waals surface area contributed by atoms with Crippen LogP contribution < -0.4 is 5.46 Å². The largest absolute Gasteiger partial charge is 0.488 e. The first-order valence-corrected chi connectivity index (χ1v) is 11.4. The van der Waals surface area contributed by atoms with Gasteiger partial charge >= 0.3 is 19.3 Å². The first-order chi connectivity index (χ1) is 15.2. The lowest BCUT2D eigenvalue weighted by Crippen LogP contribution is -2.44. The summed E-state index contributed by atoms with van der Waals surface area (Å²) >= 11 is 0. The number of ether oxygens (including phenoxy) is 2. The van der Waals surface area contributed by atoms with Crippen molar-refractivity contribution in [3.8, 4) is 0 Å². The molecule has 9 nitrogen and oxygen atoms in total. The van der Waals surface area contributed by atoms with E-state index in [0.717, 1.165) is 5.56 Å². The highest BCUT2D eigenvalue weighted by Crippen LogP contribution is 2.14. The molecule has 2 amide bonds. The number of carbonyl (C=O) groups is 2. The smallest absolute Gasteiger partial charge is 0.444 e. The van der Waals surface area contributed by atoms with Gasteiger partial charge in [0.15, 0.2) is 0 Å². The molecule has 2 N–H and O–H groups in total. The lowest BCUT2D eigenvalue weighted by molar-refractivity contribution is 0.0154. The molecule has 1 heterocycles. The van der Waals surface area contributed by atoms with Crippen molar-refractivity contribution < 1.29 is 29.1 Å². The van der Waals surface area contributed by atoms with Crippen LogP contribution in [-0.4, -0.2) is 94.5 Å². The maximum absolute atomic E-state index is 12.8. The van der Waals surface area contributed by atoms with Crippen LogP contribution in [0.25, 0.3) is 0 Å². The summed E-state index contributed by atoms with van der Waals surface area (Å²) in [6, 6.07) is 7.05. The molecule has 0 saturated carbocycles. The van der Waals surface area contributed by atoms with Crippen LogP contribution in [0.2, 0.25) is 0 Å². The Bertz CT molecular complexity index is 749. The van der Waals surface area contributed by atoms with Gasteiger partial charge in [-0.05, 0) is 52.6 Å². The van der Waals surface area contributed by atoms with E-state index in [-0.39, 0.29) is 0 Å². The van der Waals surface area contributed by atoms with E-state index in [9.17, 15) is 19.6 Å². The van der Waals surface area contributed by atoms with Crippen LogP contribution in [0, 0.1) is 0 Å². The summed E-state index contributed by atoms with van der Waals surface area (Å²) in [7, 11) is -1.51. The summed E-state index contributed by atoms with van der Waals surface area (Å²) < 4.78 is 11.1. The Morgan fingerprint density at radius 1 is 0.788 bits per heavy atom. The molecule has 0 atom stereocenters. The molecule has 0 aromatic heterocycles. The molecule has 1 saturated heterocycles. The van der Waals surface area contributed by atoms with E-state index in [1.54, 1.807) is 21.9 Å². The van der Waals surface area contributed by atoms with Gasteiger partial charge in [0.05, 0.1) is 0 Å². The Hall–Kier alpha value is -2.30. The zero-order chi connectivity index (χ0) is 24.8. The molecule has 1 aromatic rings. The van der Waals surface area contributed by atoms with Gasteiger partial charge in [0.1, 0.15) is 11.2 Å².